The number of nitrogens with one attached hydrogen (secondary N) is 1. The van der Waals surface area contributed by atoms with Crippen molar-refractivity contribution in [1.29, 1.82) is 0 Å². The molecule has 0 bridgehead atoms. The molecule has 1 unspecified atom stereocenters. The van der Waals surface area contributed by atoms with E-state index in [2.05, 4.69) is 4.72 Å². The highest BCUT2D eigenvalue weighted by molar-refractivity contribution is 7.87. The van der Waals surface area contributed by atoms with E-state index in [1.54, 1.807) is 0 Å². The van der Waals surface area contributed by atoms with Crippen molar-refractivity contribution >= 4 is 10.2 Å². The van der Waals surface area contributed by atoms with Crippen LogP contribution < -0.4 is 4.72 Å². The summed E-state index contributed by atoms with van der Waals surface area (Å²) < 4.78 is 28.0. The van der Waals surface area contributed by atoms with Gasteiger partial charge in [-0.2, -0.15) is 17.4 Å². The SMILES string of the molecule is CCN(CC)S(=O)(=O)NC(CCO)C1CC1. The van der Waals surface area contributed by atoms with Gasteiger partial charge in [0.1, 0.15) is 0 Å². The molecule has 1 aliphatic carbocycles. The summed E-state index contributed by atoms with van der Waals surface area (Å²) in [4.78, 5) is 0. The van der Waals surface area contributed by atoms with E-state index in [-0.39, 0.29) is 12.6 Å². The first-order valence-electron chi connectivity index (χ1n) is 5.93. The zero-order chi connectivity index (χ0) is 12.2. The number of aliphatic hydroxyl groups is 1. The molecular weight excluding hydrogens is 228 g/mol. The van der Waals surface area contributed by atoms with Crippen LogP contribution in [0, 0.1) is 5.92 Å². The molecular formula is C10H22N2O3S. The van der Waals surface area contributed by atoms with Gasteiger partial charge in [-0.05, 0) is 25.2 Å². The molecule has 0 aliphatic heterocycles. The van der Waals surface area contributed by atoms with Crippen molar-refractivity contribution in [2.45, 2.75) is 39.2 Å². The first kappa shape index (κ1) is 13.9. The maximum atomic E-state index is 11.9. The van der Waals surface area contributed by atoms with Crippen LogP contribution in [-0.2, 0) is 10.2 Å². The lowest BCUT2D eigenvalue weighted by atomic mass is 10.1. The van der Waals surface area contributed by atoms with E-state index in [1.807, 2.05) is 13.8 Å². The van der Waals surface area contributed by atoms with Crippen molar-refractivity contribution in [3.63, 3.8) is 0 Å². The van der Waals surface area contributed by atoms with Crippen LogP contribution in [0.1, 0.15) is 33.1 Å². The summed E-state index contributed by atoms with van der Waals surface area (Å²) in [5.41, 5.74) is 0. The molecule has 0 aromatic heterocycles. The van der Waals surface area contributed by atoms with Crippen LogP contribution in [0.3, 0.4) is 0 Å². The Balaban J connectivity index is 2.61. The molecule has 0 heterocycles. The van der Waals surface area contributed by atoms with Gasteiger partial charge in [-0.1, -0.05) is 13.8 Å². The van der Waals surface area contributed by atoms with Crippen LogP contribution >= 0.6 is 0 Å². The van der Waals surface area contributed by atoms with Gasteiger partial charge in [0.05, 0.1) is 0 Å². The minimum absolute atomic E-state index is 0.0297. The maximum Gasteiger partial charge on any atom is 0.279 e. The Morgan fingerprint density at radius 2 is 1.94 bits per heavy atom. The molecule has 0 radical (unpaired) electrons. The molecule has 0 saturated heterocycles. The molecule has 1 fully saturated rings. The van der Waals surface area contributed by atoms with Crippen LogP contribution in [0.15, 0.2) is 0 Å². The smallest absolute Gasteiger partial charge is 0.279 e. The summed E-state index contributed by atoms with van der Waals surface area (Å²) in [7, 11) is -3.38. The van der Waals surface area contributed by atoms with E-state index in [4.69, 9.17) is 5.11 Å². The normalized spacial score (nSPS) is 19.0. The van der Waals surface area contributed by atoms with Gasteiger partial charge < -0.3 is 5.11 Å². The summed E-state index contributed by atoms with van der Waals surface area (Å²) >= 11 is 0. The lowest BCUT2D eigenvalue weighted by molar-refractivity contribution is 0.264. The third kappa shape index (κ3) is 3.69. The van der Waals surface area contributed by atoms with Gasteiger partial charge in [0, 0.05) is 25.7 Å². The van der Waals surface area contributed by atoms with E-state index in [1.165, 1.54) is 4.31 Å². The highest BCUT2D eigenvalue weighted by Crippen LogP contribution is 2.34. The van der Waals surface area contributed by atoms with Gasteiger partial charge in [0.25, 0.3) is 10.2 Å². The van der Waals surface area contributed by atoms with E-state index < -0.39 is 10.2 Å². The van der Waals surface area contributed by atoms with Crippen molar-refractivity contribution in [2.75, 3.05) is 19.7 Å². The van der Waals surface area contributed by atoms with Gasteiger partial charge in [0.15, 0.2) is 0 Å². The van der Waals surface area contributed by atoms with E-state index >= 15 is 0 Å². The van der Waals surface area contributed by atoms with Crippen LogP contribution in [-0.4, -0.2) is 43.6 Å². The average molecular weight is 250 g/mol. The Kier molecular flexibility index (Phi) is 5.17. The Morgan fingerprint density at radius 1 is 1.38 bits per heavy atom. The second-order valence-electron chi connectivity index (χ2n) is 4.16. The van der Waals surface area contributed by atoms with Crippen molar-refractivity contribution in [2.24, 2.45) is 5.92 Å². The fourth-order valence-corrected chi connectivity index (χ4v) is 3.38. The third-order valence-corrected chi connectivity index (χ3v) is 4.77. The maximum absolute atomic E-state index is 11.9. The fraction of sp³-hybridized carbons (Fsp3) is 1.00. The van der Waals surface area contributed by atoms with Crippen LogP contribution in [0.25, 0.3) is 0 Å². The average Bonchev–Trinajstić information content (AvgIpc) is 3.01. The standard InChI is InChI=1S/C10H22N2O3S/c1-3-12(4-2)16(14,15)11-10(7-8-13)9-5-6-9/h9-11,13H,3-8H2,1-2H3. The van der Waals surface area contributed by atoms with Crippen molar-refractivity contribution < 1.29 is 13.5 Å². The molecule has 0 aromatic rings. The Bertz CT molecular complexity index is 297. The molecule has 96 valence electrons. The summed E-state index contributed by atoms with van der Waals surface area (Å²) in [5, 5.41) is 8.91. The molecule has 5 nitrogen and oxygen atoms in total. The van der Waals surface area contributed by atoms with Gasteiger partial charge in [-0.15, -0.1) is 0 Å². The van der Waals surface area contributed by atoms with Crippen LogP contribution in [0.5, 0.6) is 0 Å². The minimum atomic E-state index is -3.38. The van der Waals surface area contributed by atoms with Crippen LogP contribution in [0.4, 0.5) is 0 Å². The fourth-order valence-electron chi connectivity index (χ4n) is 1.86. The molecule has 0 spiro atoms. The zero-order valence-corrected chi connectivity index (χ0v) is 10.8. The number of hydrogen-bond acceptors (Lipinski definition) is 3. The van der Waals surface area contributed by atoms with Gasteiger partial charge >= 0.3 is 0 Å². The Hall–Kier alpha value is -0.170. The number of aliphatic hydroxyl groups excluding tert-OH is 1. The highest BCUT2D eigenvalue weighted by atomic mass is 32.2. The van der Waals surface area contributed by atoms with Crippen LogP contribution in [0.2, 0.25) is 0 Å². The van der Waals surface area contributed by atoms with Gasteiger partial charge in [0.2, 0.25) is 0 Å². The van der Waals surface area contributed by atoms with Crippen molar-refractivity contribution in [3.05, 3.63) is 0 Å². The zero-order valence-electron chi connectivity index (χ0n) is 10.0. The molecule has 2 N–H and O–H groups in total. The second-order valence-corrected chi connectivity index (χ2v) is 5.87. The monoisotopic (exact) mass is 250 g/mol. The predicted molar refractivity (Wildman–Crippen MR) is 63.2 cm³/mol. The Labute approximate surface area is 98.0 Å². The van der Waals surface area contributed by atoms with Crippen molar-refractivity contribution in [3.8, 4) is 0 Å². The summed E-state index contributed by atoms with van der Waals surface area (Å²) in [5.74, 6) is 0.414. The summed E-state index contributed by atoms with van der Waals surface area (Å²) in [6, 6.07) is -0.101. The number of hydrogen-bond donors (Lipinski definition) is 2. The second kappa shape index (κ2) is 5.95. The molecule has 6 heteroatoms. The molecule has 0 amide bonds. The Morgan fingerprint density at radius 3 is 2.31 bits per heavy atom. The van der Waals surface area contributed by atoms with Gasteiger partial charge in [-0.3, -0.25) is 0 Å². The first-order chi connectivity index (χ1) is 7.55. The molecule has 1 rings (SSSR count). The minimum Gasteiger partial charge on any atom is -0.396 e. The molecule has 1 atom stereocenters. The summed E-state index contributed by atoms with van der Waals surface area (Å²) in [6.07, 6.45) is 2.63. The van der Waals surface area contributed by atoms with E-state index in [9.17, 15) is 8.42 Å². The first-order valence-corrected chi connectivity index (χ1v) is 7.37. The molecule has 1 saturated carbocycles. The summed E-state index contributed by atoms with van der Waals surface area (Å²) in [6.45, 7) is 4.62. The topological polar surface area (TPSA) is 69.6 Å². The molecule has 0 aromatic carbocycles. The van der Waals surface area contributed by atoms with Crippen molar-refractivity contribution in [1.82, 2.24) is 9.03 Å². The number of nitrogens with zero attached hydrogens (tertiary/aromatic N) is 1. The van der Waals surface area contributed by atoms with Gasteiger partial charge in [-0.25, -0.2) is 0 Å². The largest absolute Gasteiger partial charge is 0.396 e. The quantitative estimate of drug-likeness (QED) is 0.652. The highest BCUT2D eigenvalue weighted by Gasteiger charge is 2.34. The lowest BCUT2D eigenvalue weighted by Crippen LogP contribution is -2.46. The third-order valence-electron chi connectivity index (χ3n) is 2.98. The van der Waals surface area contributed by atoms with E-state index in [0.29, 0.717) is 25.4 Å². The predicted octanol–water partition coefficient (Wildman–Crippen LogP) is 0.324. The lowest BCUT2D eigenvalue weighted by Gasteiger charge is -2.23. The molecule has 1 aliphatic rings. The number of rotatable bonds is 8. The van der Waals surface area contributed by atoms with E-state index in [0.717, 1.165) is 12.8 Å². The molecule has 16 heavy (non-hydrogen) atoms.